The summed E-state index contributed by atoms with van der Waals surface area (Å²) in [6.45, 7) is 3.46. The van der Waals surface area contributed by atoms with Crippen molar-refractivity contribution >= 4 is 23.8 Å². The molecule has 1 heterocycles. The van der Waals surface area contributed by atoms with E-state index in [1.165, 1.54) is 15.9 Å². The molecule has 184 valence electrons. The standard InChI is InChI=1S/C18H15P.C14H14NO.Pt/c1-4-10-16(11-5-1)19(17-12-6-2-7-13-17)18-14-8-3-9-15-18;1-14(2,16)13-10-6-9-12(15-13)11-7-4-3-5-8-11;/h1-15H;3-7,9-10,16H,1-2H3;/q;-1;/p+1. The molecule has 4 heteroatoms. The van der Waals surface area contributed by atoms with E-state index in [9.17, 15) is 5.11 Å². The Morgan fingerprint density at radius 1 is 0.611 bits per heavy atom. The van der Waals surface area contributed by atoms with Crippen molar-refractivity contribution in [2.75, 3.05) is 0 Å². The second-order valence-corrected chi connectivity index (χ2v) is 11.2. The Labute approximate surface area is 230 Å². The summed E-state index contributed by atoms with van der Waals surface area (Å²) in [5.41, 5.74) is 1.53. The number of pyridine rings is 1. The summed E-state index contributed by atoms with van der Waals surface area (Å²) in [5, 5.41) is 14.2. The summed E-state index contributed by atoms with van der Waals surface area (Å²) in [5.74, 6) is 0. The molecule has 0 spiro atoms. The van der Waals surface area contributed by atoms with E-state index in [2.05, 4.69) is 102 Å². The van der Waals surface area contributed by atoms with Crippen LogP contribution in [0.3, 0.4) is 0 Å². The molecular weight excluding hydrogens is 640 g/mol. The summed E-state index contributed by atoms with van der Waals surface area (Å²) < 4.78 is 0. The maximum Gasteiger partial charge on any atom is 0.102 e. The fourth-order valence-corrected chi connectivity index (χ4v) is 6.37. The third-order valence-corrected chi connectivity index (χ3v) is 8.28. The van der Waals surface area contributed by atoms with E-state index in [1.54, 1.807) is 13.8 Å². The number of benzene rings is 4. The first-order valence-electron chi connectivity index (χ1n) is 11.7. The fraction of sp³-hybridized carbons (Fsp3) is 0.0938. The van der Waals surface area contributed by atoms with Gasteiger partial charge in [0.2, 0.25) is 0 Å². The minimum atomic E-state index is -0.912. The second-order valence-electron chi connectivity index (χ2n) is 8.72. The van der Waals surface area contributed by atoms with Crippen molar-refractivity contribution < 1.29 is 26.2 Å². The van der Waals surface area contributed by atoms with Crippen LogP contribution in [-0.2, 0) is 26.7 Å². The zero-order chi connectivity index (χ0) is 24.5. The van der Waals surface area contributed by atoms with Crippen LogP contribution in [0.4, 0.5) is 0 Å². The normalized spacial score (nSPS) is 10.7. The first kappa shape index (κ1) is 27.7. The van der Waals surface area contributed by atoms with Crippen molar-refractivity contribution in [1.82, 2.24) is 4.98 Å². The predicted octanol–water partition coefficient (Wildman–Crippen LogP) is 5.95. The van der Waals surface area contributed by atoms with Gasteiger partial charge in [0, 0.05) is 21.1 Å². The fourth-order valence-electron chi connectivity index (χ4n) is 3.79. The summed E-state index contributed by atoms with van der Waals surface area (Å²) in [4.78, 5) is 4.43. The first-order chi connectivity index (χ1) is 17.0. The summed E-state index contributed by atoms with van der Waals surface area (Å²) in [7, 11) is -0.877. The molecule has 0 atom stereocenters. The molecule has 0 amide bonds. The SMILES string of the molecule is CC(C)(O)c1cccc(-c2[c-]cccc2)n1.[Pt].c1ccc([PH+](c2ccccc2)c2ccccc2)cc1. The monoisotopic (exact) mass is 670 g/mol. The van der Waals surface area contributed by atoms with Gasteiger partial charge in [-0.05, 0) is 62.0 Å². The van der Waals surface area contributed by atoms with Crippen LogP contribution in [0.15, 0.2) is 133 Å². The van der Waals surface area contributed by atoms with Gasteiger partial charge in [-0.3, -0.25) is 4.98 Å². The van der Waals surface area contributed by atoms with Gasteiger partial charge in [-0.1, -0.05) is 66.7 Å². The van der Waals surface area contributed by atoms with Crippen molar-refractivity contribution in [3.05, 3.63) is 145 Å². The zero-order valence-corrected chi connectivity index (χ0v) is 23.7. The van der Waals surface area contributed by atoms with Gasteiger partial charge in [0.05, 0.1) is 19.2 Å². The van der Waals surface area contributed by atoms with Crippen LogP contribution >= 0.6 is 7.92 Å². The topological polar surface area (TPSA) is 33.1 Å². The molecule has 5 rings (SSSR count). The number of aromatic nitrogens is 1. The molecule has 0 saturated heterocycles. The average molecular weight is 671 g/mol. The Bertz CT molecular complexity index is 1210. The smallest absolute Gasteiger partial charge is 0.102 e. The van der Waals surface area contributed by atoms with E-state index in [-0.39, 0.29) is 21.1 Å². The molecular formula is C32H30NOPPt. The van der Waals surface area contributed by atoms with E-state index in [1.807, 2.05) is 42.5 Å². The number of hydrogen-bond donors (Lipinski definition) is 1. The van der Waals surface area contributed by atoms with Crippen molar-refractivity contribution in [2.24, 2.45) is 0 Å². The van der Waals surface area contributed by atoms with Gasteiger partial charge < -0.3 is 5.11 Å². The molecule has 0 aliphatic heterocycles. The van der Waals surface area contributed by atoms with Crippen LogP contribution in [0.25, 0.3) is 11.3 Å². The van der Waals surface area contributed by atoms with E-state index < -0.39 is 13.5 Å². The van der Waals surface area contributed by atoms with Gasteiger partial charge in [-0.15, -0.1) is 35.9 Å². The predicted molar refractivity (Wildman–Crippen MR) is 150 cm³/mol. The molecule has 36 heavy (non-hydrogen) atoms. The maximum absolute atomic E-state index is 9.89. The second kappa shape index (κ2) is 13.4. The average Bonchev–Trinajstić information content (AvgIpc) is 2.91. The minimum absolute atomic E-state index is 0. The molecule has 4 aromatic carbocycles. The molecule has 5 aromatic rings. The quantitative estimate of drug-likeness (QED) is 0.185. The van der Waals surface area contributed by atoms with E-state index >= 15 is 0 Å². The zero-order valence-electron chi connectivity index (χ0n) is 20.4. The number of rotatable bonds is 5. The molecule has 0 radical (unpaired) electrons. The Morgan fingerprint density at radius 3 is 1.50 bits per heavy atom. The van der Waals surface area contributed by atoms with Gasteiger partial charge in [0.25, 0.3) is 0 Å². The molecule has 0 aliphatic carbocycles. The number of aliphatic hydroxyl groups is 1. The van der Waals surface area contributed by atoms with E-state index in [0.29, 0.717) is 5.69 Å². The summed E-state index contributed by atoms with van der Waals surface area (Å²) in [6, 6.07) is 48.9. The minimum Gasteiger partial charge on any atom is -0.384 e. The van der Waals surface area contributed by atoms with E-state index in [4.69, 9.17) is 0 Å². The van der Waals surface area contributed by atoms with Crippen LogP contribution in [0.1, 0.15) is 19.5 Å². The Hall–Kier alpha value is -2.89. The van der Waals surface area contributed by atoms with Crippen molar-refractivity contribution in [3.8, 4) is 11.3 Å². The van der Waals surface area contributed by atoms with Crippen LogP contribution in [0.2, 0.25) is 0 Å². The van der Waals surface area contributed by atoms with Gasteiger partial charge in [-0.25, -0.2) is 0 Å². The van der Waals surface area contributed by atoms with Crippen LogP contribution < -0.4 is 15.9 Å². The third-order valence-electron chi connectivity index (χ3n) is 5.55. The van der Waals surface area contributed by atoms with Crippen molar-refractivity contribution in [1.29, 1.82) is 0 Å². The van der Waals surface area contributed by atoms with Crippen LogP contribution in [0.5, 0.6) is 0 Å². The molecule has 2 nitrogen and oxygen atoms in total. The molecule has 0 fully saturated rings. The van der Waals surface area contributed by atoms with Gasteiger partial charge in [-0.2, -0.15) is 0 Å². The summed E-state index contributed by atoms with van der Waals surface area (Å²) in [6.07, 6.45) is 0. The molecule has 0 bridgehead atoms. The number of hydrogen-bond acceptors (Lipinski definition) is 2. The molecule has 0 unspecified atom stereocenters. The maximum atomic E-state index is 9.89. The molecule has 1 N–H and O–H groups in total. The van der Waals surface area contributed by atoms with Gasteiger partial charge in [0.1, 0.15) is 15.9 Å². The van der Waals surface area contributed by atoms with Crippen LogP contribution in [0, 0.1) is 6.07 Å². The Balaban J connectivity index is 0.000000198. The van der Waals surface area contributed by atoms with Crippen molar-refractivity contribution in [2.45, 2.75) is 19.4 Å². The third kappa shape index (κ3) is 7.55. The Morgan fingerprint density at radius 2 is 1.08 bits per heavy atom. The largest absolute Gasteiger partial charge is 0.384 e. The molecule has 0 aliphatic rings. The van der Waals surface area contributed by atoms with Crippen molar-refractivity contribution in [3.63, 3.8) is 0 Å². The summed E-state index contributed by atoms with van der Waals surface area (Å²) >= 11 is 0. The number of nitrogens with zero attached hydrogens (tertiary/aromatic N) is 1. The van der Waals surface area contributed by atoms with Gasteiger partial charge >= 0.3 is 0 Å². The first-order valence-corrected chi connectivity index (χ1v) is 13.2. The molecule has 0 saturated carbocycles. The molecule has 1 aromatic heterocycles. The van der Waals surface area contributed by atoms with Gasteiger partial charge in [0.15, 0.2) is 0 Å². The van der Waals surface area contributed by atoms with Crippen LogP contribution in [-0.4, -0.2) is 10.1 Å². The van der Waals surface area contributed by atoms with E-state index in [0.717, 1.165) is 11.3 Å². The Kier molecular flexibility index (Phi) is 10.3.